The van der Waals surface area contributed by atoms with Gasteiger partial charge in [0, 0.05) is 22.5 Å². The van der Waals surface area contributed by atoms with Crippen molar-refractivity contribution < 1.29 is 4.39 Å². The maximum Gasteiger partial charge on any atom is 0.129 e. The largest absolute Gasteiger partial charge is 0.265 e. The van der Waals surface area contributed by atoms with Crippen LogP contribution in [0.1, 0.15) is 11.3 Å². The zero-order valence-corrected chi connectivity index (χ0v) is 9.00. The van der Waals surface area contributed by atoms with E-state index >= 15 is 0 Å². The molecule has 0 saturated heterocycles. The lowest BCUT2D eigenvalue weighted by Gasteiger charge is -2.05. The third kappa shape index (κ3) is 2.18. The molecular formula is C11H10ClFN2. The number of aromatic nitrogens is 2. The average Bonchev–Trinajstić information content (AvgIpc) is 2.57. The summed E-state index contributed by atoms with van der Waals surface area (Å²) in [5.41, 5.74) is 1.59. The Hall–Kier alpha value is -1.35. The second kappa shape index (κ2) is 4.03. The first-order valence-corrected chi connectivity index (χ1v) is 4.97. The maximum absolute atomic E-state index is 13.4. The fourth-order valence-corrected chi connectivity index (χ4v) is 1.53. The molecule has 0 spiro atoms. The molecule has 1 aromatic heterocycles. The molecule has 0 saturated carbocycles. The molecule has 0 atom stereocenters. The molecule has 15 heavy (non-hydrogen) atoms. The molecule has 0 N–H and O–H groups in total. The van der Waals surface area contributed by atoms with Gasteiger partial charge in [-0.2, -0.15) is 5.10 Å². The highest BCUT2D eigenvalue weighted by atomic mass is 35.5. The van der Waals surface area contributed by atoms with E-state index in [2.05, 4.69) is 5.10 Å². The van der Waals surface area contributed by atoms with Crippen LogP contribution in [-0.4, -0.2) is 9.78 Å². The summed E-state index contributed by atoms with van der Waals surface area (Å²) >= 11 is 5.67. The van der Waals surface area contributed by atoms with E-state index in [0.29, 0.717) is 17.1 Å². The number of nitrogens with zero attached hydrogens (tertiary/aromatic N) is 2. The molecule has 0 radical (unpaired) electrons. The zero-order valence-electron chi connectivity index (χ0n) is 8.24. The highest BCUT2D eigenvalue weighted by Gasteiger charge is 2.05. The van der Waals surface area contributed by atoms with Gasteiger partial charge in [0.05, 0.1) is 6.54 Å². The summed E-state index contributed by atoms with van der Waals surface area (Å²) in [6.07, 6.45) is 1.70. The Labute approximate surface area is 92.3 Å². The Morgan fingerprint density at radius 3 is 2.80 bits per heavy atom. The summed E-state index contributed by atoms with van der Waals surface area (Å²) in [5.74, 6) is -0.294. The minimum atomic E-state index is -0.294. The number of hydrogen-bond donors (Lipinski definition) is 0. The normalized spacial score (nSPS) is 10.6. The quantitative estimate of drug-likeness (QED) is 0.767. The maximum atomic E-state index is 13.4. The van der Waals surface area contributed by atoms with Gasteiger partial charge >= 0.3 is 0 Å². The van der Waals surface area contributed by atoms with Gasteiger partial charge in [-0.05, 0) is 25.1 Å². The fourth-order valence-electron chi connectivity index (χ4n) is 1.38. The van der Waals surface area contributed by atoms with Gasteiger partial charge in [0.1, 0.15) is 5.82 Å². The summed E-state index contributed by atoms with van der Waals surface area (Å²) < 4.78 is 15.2. The van der Waals surface area contributed by atoms with Crippen molar-refractivity contribution >= 4 is 11.6 Å². The number of rotatable bonds is 2. The van der Waals surface area contributed by atoms with Crippen molar-refractivity contribution in [3.8, 4) is 0 Å². The van der Waals surface area contributed by atoms with Crippen LogP contribution in [0.2, 0.25) is 5.02 Å². The van der Waals surface area contributed by atoms with Gasteiger partial charge < -0.3 is 0 Å². The van der Waals surface area contributed by atoms with E-state index in [4.69, 9.17) is 11.6 Å². The molecule has 0 aliphatic carbocycles. The van der Waals surface area contributed by atoms with Crippen molar-refractivity contribution in [3.05, 3.63) is 52.6 Å². The molecule has 0 amide bonds. The Morgan fingerprint density at radius 1 is 1.40 bits per heavy atom. The smallest absolute Gasteiger partial charge is 0.129 e. The summed E-state index contributed by atoms with van der Waals surface area (Å²) in [5, 5.41) is 4.50. The first-order valence-electron chi connectivity index (χ1n) is 4.59. The third-order valence-corrected chi connectivity index (χ3v) is 2.50. The lowest BCUT2D eigenvalue weighted by atomic mass is 10.2. The summed E-state index contributed by atoms with van der Waals surface area (Å²) in [4.78, 5) is 0. The van der Waals surface area contributed by atoms with E-state index in [9.17, 15) is 4.39 Å². The van der Waals surface area contributed by atoms with Crippen LogP contribution < -0.4 is 0 Å². The van der Waals surface area contributed by atoms with E-state index in [-0.39, 0.29) is 5.82 Å². The van der Waals surface area contributed by atoms with E-state index in [1.807, 2.05) is 13.0 Å². The van der Waals surface area contributed by atoms with Crippen LogP contribution in [0.3, 0.4) is 0 Å². The molecule has 4 heteroatoms. The number of halogens is 2. The average molecular weight is 225 g/mol. The summed E-state index contributed by atoms with van der Waals surface area (Å²) in [6.45, 7) is 2.36. The highest BCUT2D eigenvalue weighted by molar-refractivity contribution is 6.30. The first-order chi connectivity index (χ1) is 7.16. The molecule has 0 aliphatic rings. The fraction of sp³-hybridized carbons (Fsp3) is 0.182. The molecule has 0 unspecified atom stereocenters. The van der Waals surface area contributed by atoms with Crippen LogP contribution in [0, 0.1) is 12.7 Å². The van der Waals surface area contributed by atoms with Crippen molar-refractivity contribution in [2.45, 2.75) is 13.5 Å². The summed E-state index contributed by atoms with van der Waals surface area (Å²) in [7, 11) is 0. The predicted molar refractivity (Wildman–Crippen MR) is 57.5 cm³/mol. The van der Waals surface area contributed by atoms with Crippen LogP contribution >= 0.6 is 11.6 Å². The Kier molecular flexibility index (Phi) is 2.73. The minimum absolute atomic E-state index is 0.294. The van der Waals surface area contributed by atoms with Crippen molar-refractivity contribution in [2.75, 3.05) is 0 Å². The molecule has 2 rings (SSSR count). The van der Waals surface area contributed by atoms with Gasteiger partial charge in [0.15, 0.2) is 0 Å². The topological polar surface area (TPSA) is 17.8 Å². The van der Waals surface area contributed by atoms with Crippen LogP contribution in [-0.2, 0) is 6.54 Å². The van der Waals surface area contributed by atoms with Gasteiger partial charge in [-0.1, -0.05) is 17.7 Å². The van der Waals surface area contributed by atoms with Crippen LogP contribution in [0.25, 0.3) is 0 Å². The van der Waals surface area contributed by atoms with Crippen LogP contribution in [0.5, 0.6) is 0 Å². The SMILES string of the molecule is Cc1ccnn1Cc1ccc(Cl)cc1F. The molecule has 0 aliphatic heterocycles. The predicted octanol–water partition coefficient (Wildman–Crippen LogP) is 3.03. The molecule has 1 aromatic carbocycles. The van der Waals surface area contributed by atoms with Gasteiger partial charge in [-0.15, -0.1) is 0 Å². The third-order valence-electron chi connectivity index (χ3n) is 2.26. The van der Waals surface area contributed by atoms with Gasteiger partial charge in [-0.3, -0.25) is 4.68 Å². The molecular weight excluding hydrogens is 215 g/mol. The van der Waals surface area contributed by atoms with E-state index in [1.54, 1.807) is 23.0 Å². The van der Waals surface area contributed by atoms with Crippen molar-refractivity contribution in [1.29, 1.82) is 0 Å². The molecule has 2 aromatic rings. The lowest BCUT2D eigenvalue weighted by molar-refractivity contribution is 0.580. The second-order valence-electron chi connectivity index (χ2n) is 3.37. The Morgan fingerprint density at radius 2 is 2.20 bits per heavy atom. The summed E-state index contributed by atoms with van der Waals surface area (Å²) in [6, 6.07) is 6.56. The standard InChI is InChI=1S/C11H10ClFN2/c1-8-4-5-14-15(8)7-9-2-3-10(12)6-11(9)13/h2-6H,7H2,1H3. The van der Waals surface area contributed by atoms with E-state index < -0.39 is 0 Å². The Bertz CT molecular complexity index is 479. The van der Waals surface area contributed by atoms with E-state index in [1.165, 1.54) is 6.07 Å². The Balaban J connectivity index is 2.29. The van der Waals surface area contributed by atoms with Crippen molar-refractivity contribution in [2.24, 2.45) is 0 Å². The van der Waals surface area contributed by atoms with Gasteiger partial charge in [-0.25, -0.2) is 4.39 Å². The first kappa shape index (κ1) is 10.2. The molecule has 1 heterocycles. The molecule has 78 valence electrons. The highest BCUT2D eigenvalue weighted by Crippen LogP contribution is 2.15. The number of aryl methyl sites for hydroxylation is 1. The molecule has 0 bridgehead atoms. The molecule has 2 nitrogen and oxygen atoms in total. The van der Waals surface area contributed by atoms with Crippen molar-refractivity contribution in [3.63, 3.8) is 0 Å². The van der Waals surface area contributed by atoms with Gasteiger partial charge in [0.2, 0.25) is 0 Å². The van der Waals surface area contributed by atoms with Gasteiger partial charge in [0.25, 0.3) is 0 Å². The lowest BCUT2D eigenvalue weighted by Crippen LogP contribution is -2.05. The minimum Gasteiger partial charge on any atom is -0.265 e. The molecule has 0 fully saturated rings. The monoisotopic (exact) mass is 224 g/mol. The van der Waals surface area contributed by atoms with Crippen LogP contribution in [0.4, 0.5) is 4.39 Å². The number of benzene rings is 1. The number of hydrogen-bond acceptors (Lipinski definition) is 1. The van der Waals surface area contributed by atoms with Crippen LogP contribution in [0.15, 0.2) is 30.5 Å². The van der Waals surface area contributed by atoms with Crippen molar-refractivity contribution in [1.82, 2.24) is 9.78 Å². The zero-order chi connectivity index (χ0) is 10.8. The van der Waals surface area contributed by atoms with E-state index in [0.717, 1.165) is 5.69 Å². The second-order valence-corrected chi connectivity index (χ2v) is 3.80.